The molecule has 1 heterocycles. The highest BCUT2D eigenvalue weighted by molar-refractivity contribution is 8.14. The van der Waals surface area contributed by atoms with Crippen molar-refractivity contribution in [3.8, 4) is 0 Å². The number of halogens is 1. The summed E-state index contributed by atoms with van der Waals surface area (Å²) in [6, 6.07) is 0. The quantitative estimate of drug-likeness (QED) is 0.398. The van der Waals surface area contributed by atoms with Gasteiger partial charge in [0.25, 0.3) is 0 Å². The van der Waals surface area contributed by atoms with Crippen LogP contribution in [0, 0.1) is 12.3 Å². The molecular weight excluding hydrogens is 255 g/mol. The molecule has 0 bridgehead atoms. The van der Waals surface area contributed by atoms with Crippen LogP contribution in [0.5, 0.6) is 0 Å². The van der Waals surface area contributed by atoms with Crippen LogP contribution < -0.4 is 0 Å². The maximum absolute atomic E-state index is 14.1. The zero-order valence-electron chi connectivity index (χ0n) is 11.3. The van der Waals surface area contributed by atoms with Gasteiger partial charge in [-0.2, -0.15) is 15.0 Å². The minimum atomic E-state index is -1.37. The van der Waals surface area contributed by atoms with Gasteiger partial charge in [-0.1, -0.05) is 37.7 Å². The fourth-order valence-corrected chi connectivity index (χ4v) is 2.59. The lowest BCUT2D eigenvalue weighted by Gasteiger charge is -2.18. The number of aryl methyl sites for hydroxylation is 2. The van der Waals surface area contributed by atoms with Crippen molar-refractivity contribution in [3.63, 3.8) is 0 Å². The van der Waals surface area contributed by atoms with E-state index in [4.69, 9.17) is 5.21 Å². The van der Waals surface area contributed by atoms with E-state index in [0.29, 0.717) is 17.2 Å². The third-order valence-electron chi connectivity index (χ3n) is 2.17. The van der Waals surface area contributed by atoms with Gasteiger partial charge in [-0.05, 0) is 12.3 Å². The molecule has 1 rings (SSSR count). The van der Waals surface area contributed by atoms with Crippen molar-refractivity contribution in [2.45, 2.75) is 39.6 Å². The molecule has 0 fully saturated rings. The summed E-state index contributed by atoms with van der Waals surface area (Å²) in [5.74, 6) is 0. The van der Waals surface area contributed by atoms with Crippen LogP contribution in [-0.2, 0) is 7.05 Å². The maximum Gasteiger partial charge on any atom is 0.197 e. The number of hydrogen-bond donors (Lipinski definition) is 1. The van der Waals surface area contributed by atoms with E-state index in [1.807, 2.05) is 20.8 Å². The van der Waals surface area contributed by atoms with Crippen LogP contribution in [0.2, 0.25) is 0 Å². The third-order valence-corrected chi connectivity index (χ3v) is 3.09. The molecular formula is C11H19FN4OS. The smallest absolute Gasteiger partial charge is 0.197 e. The first-order valence-corrected chi connectivity index (χ1v) is 6.50. The highest BCUT2D eigenvalue weighted by Gasteiger charge is 2.24. The first kappa shape index (κ1) is 14.9. The van der Waals surface area contributed by atoms with Gasteiger partial charge >= 0.3 is 0 Å². The molecule has 7 heteroatoms. The summed E-state index contributed by atoms with van der Waals surface area (Å²) in [4.78, 5) is 1.33. The maximum atomic E-state index is 14.1. The van der Waals surface area contributed by atoms with E-state index < -0.39 is 5.50 Å². The molecule has 102 valence electrons. The van der Waals surface area contributed by atoms with Gasteiger partial charge in [-0.15, -0.1) is 0 Å². The molecule has 18 heavy (non-hydrogen) atoms. The molecule has 0 amide bonds. The van der Waals surface area contributed by atoms with Crippen molar-refractivity contribution in [3.05, 3.63) is 11.4 Å². The lowest BCUT2D eigenvalue weighted by molar-refractivity contribution is 0.315. The van der Waals surface area contributed by atoms with Gasteiger partial charge in [0.2, 0.25) is 0 Å². The second-order valence-electron chi connectivity index (χ2n) is 5.33. The Morgan fingerprint density at radius 1 is 1.50 bits per heavy atom. The van der Waals surface area contributed by atoms with Crippen molar-refractivity contribution < 1.29 is 9.60 Å². The molecule has 1 N–H and O–H groups in total. The van der Waals surface area contributed by atoms with Crippen LogP contribution in [0.1, 0.15) is 44.1 Å². The van der Waals surface area contributed by atoms with Crippen LogP contribution in [0.15, 0.2) is 5.16 Å². The highest BCUT2D eigenvalue weighted by atomic mass is 32.2. The van der Waals surface area contributed by atoms with Crippen LogP contribution in [0.25, 0.3) is 0 Å². The zero-order chi connectivity index (χ0) is 13.9. The Kier molecular flexibility index (Phi) is 4.72. The van der Waals surface area contributed by atoms with Gasteiger partial charge < -0.3 is 5.21 Å². The molecule has 1 unspecified atom stereocenters. The minimum absolute atomic E-state index is 0.0638. The molecule has 0 aliphatic heterocycles. The highest BCUT2D eigenvalue weighted by Crippen LogP contribution is 2.35. The fraction of sp³-hybridized carbons (Fsp3) is 0.727. The molecule has 1 aromatic rings. The molecule has 0 spiro atoms. The Labute approximate surface area is 110 Å². The van der Waals surface area contributed by atoms with Gasteiger partial charge in [-0.3, -0.25) is 0 Å². The first-order chi connectivity index (χ1) is 8.23. The largest absolute Gasteiger partial charge is 0.410 e. The zero-order valence-corrected chi connectivity index (χ0v) is 12.1. The van der Waals surface area contributed by atoms with Crippen LogP contribution in [0.4, 0.5) is 4.39 Å². The number of thioether (sulfide) groups is 1. The van der Waals surface area contributed by atoms with Gasteiger partial charge in [0.05, 0.1) is 5.69 Å². The molecule has 0 saturated heterocycles. The molecule has 0 saturated carbocycles. The average Bonchev–Trinajstić information content (AvgIpc) is 2.54. The van der Waals surface area contributed by atoms with Crippen molar-refractivity contribution in [2.75, 3.05) is 0 Å². The van der Waals surface area contributed by atoms with E-state index in [2.05, 4.69) is 15.4 Å². The van der Waals surface area contributed by atoms with Gasteiger partial charge in [0.1, 0.15) is 10.7 Å². The van der Waals surface area contributed by atoms with E-state index in [9.17, 15) is 4.39 Å². The number of alkyl halides is 1. The Balaban J connectivity index is 2.74. The molecule has 0 aromatic carbocycles. The van der Waals surface area contributed by atoms with E-state index in [1.54, 1.807) is 14.0 Å². The van der Waals surface area contributed by atoms with Crippen LogP contribution >= 0.6 is 11.8 Å². The summed E-state index contributed by atoms with van der Waals surface area (Å²) in [6.45, 7) is 7.70. The summed E-state index contributed by atoms with van der Waals surface area (Å²) in [5.41, 5.74) is -0.610. The van der Waals surface area contributed by atoms with E-state index in [-0.39, 0.29) is 11.1 Å². The summed E-state index contributed by atoms with van der Waals surface area (Å²) in [6.07, 6.45) is 0.508. The number of rotatable bonds is 3. The molecule has 1 aromatic heterocycles. The summed E-state index contributed by atoms with van der Waals surface area (Å²) in [7, 11) is 1.64. The number of aromatic nitrogens is 3. The lowest BCUT2D eigenvalue weighted by atomic mass is 9.93. The molecule has 5 nitrogen and oxygen atoms in total. The normalized spacial score (nSPS) is 14.9. The van der Waals surface area contributed by atoms with Gasteiger partial charge in [0, 0.05) is 13.5 Å². The van der Waals surface area contributed by atoms with Crippen LogP contribution in [0.3, 0.4) is 0 Å². The lowest BCUT2D eigenvalue weighted by Crippen LogP contribution is -2.11. The molecule has 1 atom stereocenters. The SMILES string of the molecule is Cc1nn(C)nc1C(F)S/C(CC(C)(C)C)=N/O. The predicted octanol–water partition coefficient (Wildman–Crippen LogP) is 3.05. The Bertz CT molecular complexity index is 439. The Morgan fingerprint density at radius 2 is 2.11 bits per heavy atom. The Morgan fingerprint density at radius 3 is 2.50 bits per heavy atom. The second kappa shape index (κ2) is 5.69. The molecule has 0 aliphatic rings. The summed E-state index contributed by atoms with van der Waals surface area (Å²) >= 11 is 0.870. The summed E-state index contributed by atoms with van der Waals surface area (Å²) in [5, 5.41) is 20.4. The summed E-state index contributed by atoms with van der Waals surface area (Å²) < 4.78 is 14.1. The van der Waals surface area contributed by atoms with Crippen LogP contribution in [-0.4, -0.2) is 25.2 Å². The van der Waals surface area contributed by atoms with Crippen molar-refractivity contribution in [1.82, 2.24) is 15.0 Å². The number of hydrogen-bond acceptors (Lipinski definition) is 5. The monoisotopic (exact) mass is 274 g/mol. The van der Waals surface area contributed by atoms with E-state index >= 15 is 0 Å². The number of nitrogens with zero attached hydrogens (tertiary/aromatic N) is 4. The molecule has 0 radical (unpaired) electrons. The van der Waals surface area contributed by atoms with Crippen molar-refractivity contribution in [1.29, 1.82) is 0 Å². The first-order valence-electron chi connectivity index (χ1n) is 5.62. The second-order valence-corrected chi connectivity index (χ2v) is 6.45. The standard InChI is InChI=1S/C11H19FN4OS/c1-7-9(14-16(5)13-7)10(12)18-8(15-17)6-11(2,3)4/h10,17H,6H2,1-5H3/b15-8+. The predicted molar refractivity (Wildman–Crippen MR) is 70.5 cm³/mol. The fourth-order valence-electron chi connectivity index (χ4n) is 1.46. The number of oxime groups is 1. The van der Waals surface area contributed by atoms with Gasteiger partial charge in [-0.25, -0.2) is 4.39 Å². The minimum Gasteiger partial charge on any atom is -0.410 e. The average molecular weight is 274 g/mol. The van der Waals surface area contributed by atoms with Gasteiger partial charge in [0.15, 0.2) is 5.50 Å². The van der Waals surface area contributed by atoms with Crippen molar-refractivity contribution in [2.24, 2.45) is 17.6 Å². The van der Waals surface area contributed by atoms with E-state index in [0.717, 1.165) is 11.8 Å². The molecule has 0 aliphatic carbocycles. The van der Waals surface area contributed by atoms with Crippen molar-refractivity contribution >= 4 is 16.8 Å². The third kappa shape index (κ3) is 4.29. The van der Waals surface area contributed by atoms with E-state index in [1.165, 1.54) is 4.80 Å². The topological polar surface area (TPSA) is 63.3 Å². The Hall–Kier alpha value is -1.11.